The Morgan fingerprint density at radius 1 is 1.47 bits per heavy atom. The summed E-state index contributed by atoms with van der Waals surface area (Å²) in [6.07, 6.45) is 1.87. The van der Waals surface area contributed by atoms with Gasteiger partial charge in [-0.3, -0.25) is 4.79 Å². The molecule has 1 rings (SSSR count). The van der Waals surface area contributed by atoms with Gasteiger partial charge in [0.25, 0.3) is 0 Å². The van der Waals surface area contributed by atoms with Crippen molar-refractivity contribution in [1.82, 2.24) is 14.9 Å². The van der Waals surface area contributed by atoms with E-state index >= 15 is 0 Å². The fourth-order valence-corrected chi connectivity index (χ4v) is 2.43. The monoisotopic (exact) mass is 263 g/mol. The molecule has 2 N–H and O–H groups in total. The first-order chi connectivity index (χ1) is 7.93. The van der Waals surface area contributed by atoms with Gasteiger partial charge in [0, 0.05) is 27.2 Å². The molecule has 1 fully saturated rings. The first-order valence-electron chi connectivity index (χ1n) is 5.82. The largest absolute Gasteiger partial charge is 0.355 e. The summed E-state index contributed by atoms with van der Waals surface area (Å²) in [5.74, 6) is -0.122. The molecule has 0 aliphatic carbocycles. The van der Waals surface area contributed by atoms with Gasteiger partial charge in [-0.05, 0) is 19.4 Å². The van der Waals surface area contributed by atoms with E-state index in [1.807, 2.05) is 0 Å². The minimum Gasteiger partial charge on any atom is -0.355 e. The van der Waals surface area contributed by atoms with E-state index in [1.165, 1.54) is 18.4 Å². The van der Waals surface area contributed by atoms with E-state index in [2.05, 4.69) is 10.6 Å². The maximum atomic E-state index is 11.7. The van der Waals surface area contributed by atoms with Crippen molar-refractivity contribution in [3.05, 3.63) is 0 Å². The molecule has 100 valence electrons. The minimum atomic E-state index is -3.22. The molecular formula is C10H21N3O3S. The van der Waals surface area contributed by atoms with Gasteiger partial charge in [-0.15, -0.1) is 0 Å². The highest BCUT2D eigenvalue weighted by Gasteiger charge is 2.21. The fraction of sp³-hybridized carbons (Fsp3) is 0.900. The number of sulfonamides is 1. The van der Waals surface area contributed by atoms with Crippen molar-refractivity contribution in [3.8, 4) is 0 Å². The number of nitrogens with zero attached hydrogens (tertiary/aromatic N) is 1. The maximum Gasteiger partial charge on any atom is 0.224 e. The third-order valence-electron chi connectivity index (χ3n) is 2.88. The average Bonchev–Trinajstić information content (AvgIpc) is 2.29. The second-order valence-electron chi connectivity index (χ2n) is 4.43. The Morgan fingerprint density at radius 3 is 2.71 bits per heavy atom. The first kappa shape index (κ1) is 14.4. The third-order valence-corrected chi connectivity index (χ3v) is 4.72. The number of nitrogens with one attached hydrogen (secondary N) is 2. The van der Waals surface area contributed by atoms with Gasteiger partial charge in [-0.2, -0.15) is 0 Å². The minimum absolute atomic E-state index is 0.0224. The number of amides is 1. The fourth-order valence-electron chi connectivity index (χ4n) is 1.71. The lowest BCUT2D eigenvalue weighted by Crippen LogP contribution is -2.42. The Labute approximate surface area is 103 Å². The van der Waals surface area contributed by atoms with Gasteiger partial charge in [0.2, 0.25) is 15.9 Å². The Hall–Kier alpha value is -0.660. The summed E-state index contributed by atoms with van der Waals surface area (Å²) < 4.78 is 24.1. The SMILES string of the molecule is CN(C)S(=O)(=O)CCNC(=O)[C@H]1CCCNC1. The molecule has 7 heteroatoms. The van der Waals surface area contributed by atoms with Crippen molar-refractivity contribution in [2.24, 2.45) is 5.92 Å². The molecule has 1 amide bonds. The number of hydrogen-bond acceptors (Lipinski definition) is 4. The van der Waals surface area contributed by atoms with Crippen LogP contribution in [0.4, 0.5) is 0 Å². The van der Waals surface area contributed by atoms with E-state index in [4.69, 9.17) is 0 Å². The number of rotatable bonds is 5. The molecule has 0 aromatic carbocycles. The lowest BCUT2D eigenvalue weighted by molar-refractivity contribution is -0.125. The highest BCUT2D eigenvalue weighted by molar-refractivity contribution is 7.89. The Kier molecular flexibility index (Phi) is 5.35. The molecule has 0 unspecified atom stereocenters. The highest BCUT2D eigenvalue weighted by atomic mass is 32.2. The lowest BCUT2D eigenvalue weighted by atomic mass is 9.99. The van der Waals surface area contributed by atoms with E-state index in [0.29, 0.717) is 6.54 Å². The van der Waals surface area contributed by atoms with Crippen LogP contribution in [-0.4, -0.2) is 58.1 Å². The normalized spacial score (nSPS) is 21.5. The van der Waals surface area contributed by atoms with Crippen LogP contribution in [0.1, 0.15) is 12.8 Å². The molecule has 1 aliphatic heterocycles. The summed E-state index contributed by atoms with van der Waals surface area (Å²) in [6.45, 7) is 1.82. The second-order valence-corrected chi connectivity index (χ2v) is 6.74. The Morgan fingerprint density at radius 2 is 2.18 bits per heavy atom. The van der Waals surface area contributed by atoms with Crippen LogP contribution in [0.2, 0.25) is 0 Å². The molecule has 0 aromatic rings. The number of carbonyl (C=O) groups excluding carboxylic acids is 1. The van der Waals surface area contributed by atoms with Crippen molar-refractivity contribution in [2.45, 2.75) is 12.8 Å². The van der Waals surface area contributed by atoms with Crippen molar-refractivity contribution in [3.63, 3.8) is 0 Å². The predicted molar refractivity (Wildman–Crippen MR) is 66.1 cm³/mol. The predicted octanol–water partition coefficient (Wildman–Crippen LogP) is -1.01. The molecule has 0 spiro atoms. The molecule has 0 bridgehead atoms. The average molecular weight is 263 g/mol. The highest BCUT2D eigenvalue weighted by Crippen LogP contribution is 2.09. The first-order valence-corrected chi connectivity index (χ1v) is 7.43. The number of piperidine rings is 1. The smallest absolute Gasteiger partial charge is 0.224 e. The van der Waals surface area contributed by atoms with Crippen LogP contribution in [0.15, 0.2) is 0 Å². The van der Waals surface area contributed by atoms with Gasteiger partial charge in [-0.1, -0.05) is 0 Å². The van der Waals surface area contributed by atoms with Gasteiger partial charge in [0.05, 0.1) is 11.7 Å². The molecule has 0 aromatic heterocycles. The van der Waals surface area contributed by atoms with E-state index in [9.17, 15) is 13.2 Å². The summed E-state index contributed by atoms with van der Waals surface area (Å²) in [5.41, 5.74) is 0. The van der Waals surface area contributed by atoms with Crippen LogP contribution in [0.3, 0.4) is 0 Å². The van der Waals surface area contributed by atoms with Crippen molar-refractivity contribution in [1.29, 1.82) is 0 Å². The van der Waals surface area contributed by atoms with Crippen molar-refractivity contribution >= 4 is 15.9 Å². The van der Waals surface area contributed by atoms with Gasteiger partial charge in [0.15, 0.2) is 0 Å². The zero-order valence-electron chi connectivity index (χ0n) is 10.4. The maximum absolute atomic E-state index is 11.7. The van der Waals surface area contributed by atoms with Crippen molar-refractivity contribution in [2.75, 3.05) is 39.5 Å². The van der Waals surface area contributed by atoms with Gasteiger partial charge >= 0.3 is 0 Å². The van der Waals surface area contributed by atoms with Crippen LogP contribution in [0.25, 0.3) is 0 Å². The molecule has 1 saturated heterocycles. The van der Waals surface area contributed by atoms with Crippen LogP contribution < -0.4 is 10.6 Å². The van der Waals surface area contributed by atoms with Gasteiger partial charge in [0.1, 0.15) is 0 Å². The molecule has 17 heavy (non-hydrogen) atoms. The zero-order valence-corrected chi connectivity index (χ0v) is 11.2. The van der Waals surface area contributed by atoms with Crippen LogP contribution >= 0.6 is 0 Å². The lowest BCUT2D eigenvalue weighted by Gasteiger charge is -2.22. The number of carbonyl (C=O) groups is 1. The van der Waals surface area contributed by atoms with Gasteiger partial charge < -0.3 is 10.6 Å². The summed E-state index contributed by atoms with van der Waals surface area (Å²) in [5, 5.41) is 5.83. The van der Waals surface area contributed by atoms with Gasteiger partial charge in [-0.25, -0.2) is 12.7 Å². The number of hydrogen-bond donors (Lipinski definition) is 2. The summed E-state index contributed by atoms with van der Waals surface area (Å²) >= 11 is 0. The molecule has 6 nitrogen and oxygen atoms in total. The summed E-state index contributed by atoms with van der Waals surface area (Å²) in [4.78, 5) is 11.7. The van der Waals surface area contributed by atoms with Crippen molar-refractivity contribution < 1.29 is 13.2 Å². The molecular weight excluding hydrogens is 242 g/mol. The second kappa shape index (κ2) is 6.32. The third kappa shape index (κ3) is 4.61. The topological polar surface area (TPSA) is 78.5 Å². The van der Waals surface area contributed by atoms with Crippen LogP contribution in [0, 0.1) is 5.92 Å². The molecule has 1 heterocycles. The molecule has 0 saturated carbocycles. The van der Waals surface area contributed by atoms with E-state index in [-0.39, 0.29) is 24.1 Å². The standard InChI is InChI=1S/C10H21N3O3S/c1-13(2)17(15,16)7-6-12-10(14)9-4-3-5-11-8-9/h9,11H,3-8H2,1-2H3,(H,12,14)/t9-/m0/s1. The van der Waals surface area contributed by atoms with Crippen LogP contribution in [0.5, 0.6) is 0 Å². The van der Waals surface area contributed by atoms with E-state index in [1.54, 1.807) is 0 Å². The molecule has 0 radical (unpaired) electrons. The zero-order chi connectivity index (χ0) is 12.9. The Balaban J connectivity index is 2.29. The quantitative estimate of drug-likeness (QED) is 0.666. The van der Waals surface area contributed by atoms with Crippen LogP contribution in [-0.2, 0) is 14.8 Å². The Bertz CT molecular complexity index is 348. The molecule has 1 atom stereocenters. The van der Waals surface area contributed by atoms with E-state index < -0.39 is 10.0 Å². The molecule has 1 aliphatic rings. The van der Waals surface area contributed by atoms with E-state index in [0.717, 1.165) is 19.4 Å². The summed E-state index contributed by atoms with van der Waals surface area (Å²) in [7, 11) is -0.245. The summed E-state index contributed by atoms with van der Waals surface area (Å²) in [6, 6.07) is 0.